The van der Waals surface area contributed by atoms with Crippen molar-refractivity contribution in [2.45, 2.75) is 19.1 Å². The predicted octanol–water partition coefficient (Wildman–Crippen LogP) is 4.81. The van der Waals surface area contributed by atoms with Crippen molar-refractivity contribution in [3.63, 3.8) is 0 Å². The van der Waals surface area contributed by atoms with Gasteiger partial charge in [0.05, 0.1) is 18.2 Å². The van der Waals surface area contributed by atoms with E-state index < -0.39 is 18.5 Å². The highest BCUT2D eigenvalue weighted by Gasteiger charge is 2.25. The van der Waals surface area contributed by atoms with Crippen molar-refractivity contribution >= 4 is 22.8 Å². The number of fused-ring (bicyclic) bond motifs is 2. The number of carbonyl (C=O) groups is 2. The van der Waals surface area contributed by atoms with Crippen molar-refractivity contribution < 1.29 is 28.2 Å². The number of hydrogen-bond acceptors (Lipinski definition) is 6. The molecule has 34 heavy (non-hydrogen) atoms. The van der Waals surface area contributed by atoms with Crippen molar-refractivity contribution in [1.29, 1.82) is 0 Å². The Hall–Kier alpha value is -4.26. The molecule has 0 bridgehead atoms. The highest BCUT2D eigenvalue weighted by atomic mass is 16.5. The molecule has 0 fully saturated rings. The van der Waals surface area contributed by atoms with Gasteiger partial charge in [0, 0.05) is 17.4 Å². The second-order valence-corrected chi connectivity index (χ2v) is 7.88. The van der Waals surface area contributed by atoms with E-state index in [1.807, 2.05) is 72.8 Å². The summed E-state index contributed by atoms with van der Waals surface area (Å²) in [7, 11) is 0. The number of nitrogens with one attached hydrogen (secondary N) is 1. The number of hydrogen-bond donors (Lipinski definition) is 1. The number of carbonyl (C=O) groups excluding carboxylic acids is 2. The minimum absolute atomic E-state index is 0.0290. The van der Waals surface area contributed by atoms with Gasteiger partial charge in [0.1, 0.15) is 23.7 Å². The standard InChI is InChI=1S/C27H23NO6/c29-25(28-22-14-15-31-23-12-6-5-11-20(22)23)17-33-27(30)26-21(16-32-18-8-2-1-3-9-18)19-10-4-7-13-24(19)34-26/h1-13,22H,14-17H2,(H,28,29). The molecule has 0 radical (unpaired) electrons. The van der Waals surface area contributed by atoms with Crippen molar-refractivity contribution in [2.24, 2.45) is 0 Å². The summed E-state index contributed by atoms with van der Waals surface area (Å²) >= 11 is 0. The summed E-state index contributed by atoms with van der Waals surface area (Å²) in [6, 6.07) is 24.0. The van der Waals surface area contributed by atoms with Gasteiger partial charge in [0.2, 0.25) is 5.76 Å². The number of amides is 1. The second-order valence-electron chi connectivity index (χ2n) is 7.88. The molecule has 2 heterocycles. The Kier molecular flexibility index (Phi) is 6.16. The number of furan rings is 1. The Morgan fingerprint density at radius 2 is 1.71 bits per heavy atom. The van der Waals surface area contributed by atoms with Gasteiger partial charge in [0.25, 0.3) is 5.91 Å². The zero-order valence-electron chi connectivity index (χ0n) is 18.4. The minimum atomic E-state index is -0.717. The molecule has 1 aliphatic rings. The first kappa shape index (κ1) is 21.6. The zero-order chi connectivity index (χ0) is 23.3. The molecule has 172 valence electrons. The van der Waals surface area contributed by atoms with E-state index in [4.69, 9.17) is 18.6 Å². The number of esters is 1. The topological polar surface area (TPSA) is 87.0 Å². The lowest BCUT2D eigenvalue weighted by Gasteiger charge is -2.26. The molecule has 0 aliphatic carbocycles. The Labute approximate surface area is 196 Å². The Morgan fingerprint density at radius 3 is 2.59 bits per heavy atom. The fourth-order valence-corrected chi connectivity index (χ4v) is 4.00. The van der Waals surface area contributed by atoms with Crippen LogP contribution < -0.4 is 14.8 Å². The van der Waals surface area contributed by atoms with E-state index in [2.05, 4.69) is 5.32 Å². The van der Waals surface area contributed by atoms with Crippen LogP contribution in [0.15, 0.2) is 83.3 Å². The Bertz CT molecular complexity index is 1310. The quantitative estimate of drug-likeness (QED) is 0.401. The number of para-hydroxylation sites is 3. The summed E-state index contributed by atoms with van der Waals surface area (Å²) in [5.41, 5.74) is 2.03. The molecule has 0 spiro atoms. The molecule has 4 aromatic rings. The van der Waals surface area contributed by atoms with Crippen LogP contribution in [0.1, 0.15) is 34.1 Å². The van der Waals surface area contributed by atoms with E-state index in [1.54, 1.807) is 6.07 Å². The molecule has 3 aromatic carbocycles. The van der Waals surface area contributed by atoms with E-state index in [9.17, 15) is 9.59 Å². The van der Waals surface area contributed by atoms with E-state index in [-0.39, 0.29) is 18.4 Å². The average molecular weight is 457 g/mol. The highest BCUT2D eigenvalue weighted by Crippen LogP contribution is 2.31. The second kappa shape index (κ2) is 9.70. The smallest absolute Gasteiger partial charge is 0.375 e. The fourth-order valence-electron chi connectivity index (χ4n) is 4.00. The molecule has 7 heteroatoms. The van der Waals surface area contributed by atoms with Gasteiger partial charge in [-0.25, -0.2) is 4.79 Å². The SMILES string of the molecule is O=C(COC(=O)c1oc2ccccc2c1COc1ccccc1)NC1CCOc2ccccc21. The molecule has 1 atom stereocenters. The van der Waals surface area contributed by atoms with Crippen LogP contribution in [0.25, 0.3) is 11.0 Å². The third kappa shape index (κ3) is 4.59. The zero-order valence-corrected chi connectivity index (χ0v) is 18.4. The summed E-state index contributed by atoms with van der Waals surface area (Å²) in [6.45, 7) is 0.205. The fraction of sp³-hybridized carbons (Fsp3) is 0.185. The lowest BCUT2D eigenvalue weighted by atomic mass is 10.0. The van der Waals surface area contributed by atoms with Crippen LogP contribution in [0.2, 0.25) is 0 Å². The molecule has 5 rings (SSSR count). The number of ether oxygens (including phenoxy) is 3. The van der Waals surface area contributed by atoms with Gasteiger partial charge in [-0.3, -0.25) is 4.79 Å². The Balaban J connectivity index is 1.27. The maximum absolute atomic E-state index is 12.9. The molecule has 1 amide bonds. The summed E-state index contributed by atoms with van der Waals surface area (Å²) in [6.07, 6.45) is 0.640. The molecule has 1 aliphatic heterocycles. The van der Waals surface area contributed by atoms with Crippen LogP contribution in [0.4, 0.5) is 0 Å². The predicted molar refractivity (Wildman–Crippen MR) is 125 cm³/mol. The van der Waals surface area contributed by atoms with Crippen LogP contribution in [0.5, 0.6) is 11.5 Å². The summed E-state index contributed by atoms with van der Waals surface area (Å²) < 4.78 is 22.6. The first-order valence-corrected chi connectivity index (χ1v) is 11.1. The first-order valence-electron chi connectivity index (χ1n) is 11.1. The summed E-state index contributed by atoms with van der Waals surface area (Å²) in [4.78, 5) is 25.4. The largest absolute Gasteiger partial charge is 0.493 e. The van der Waals surface area contributed by atoms with Crippen LogP contribution in [0, 0.1) is 0 Å². The third-order valence-corrected chi connectivity index (χ3v) is 5.64. The van der Waals surface area contributed by atoms with Crippen molar-refractivity contribution in [3.8, 4) is 11.5 Å². The van der Waals surface area contributed by atoms with Gasteiger partial charge in [0.15, 0.2) is 6.61 Å². The highest BCUT2D eigenvalue weighted by molar-refractivity contribution is 5.97. The van der Waals surface area contributed by atoms with Gasteiger partial charge < -0.3 is 23.9 Å². The molecule has 7 nitrogen and oxygen atoms in total. The van der Waals surface area contributed by atoms with Crippen LogP contribution in [-0.4, -0.2) is 25.1 Å². The van der Waals surface area contributed by atoms with E-state index in [0.717, 1.165) is 16.7 Å². The molecule has 1 aromatic heterocycles. The summed E-state index contributed by atoms with van der Waals surface area (Å²) in [5, 5.41) is 3.68. The first-order chi connectivity index (χ1) is 16.7. The van der Waals surface area contributed by atoms with E-state index in [1.165, 1.54) is 0 Å². The van der Waals surface area contributed by atoms with Crippen molar-refractivity contribution in [2.75, 3.05) is 13.2 Å². The third-order valence-electron chi connectivity index (χ3n) is 5.64. The summed E-state index contributed by atoms with van der Waals surface area (Å²) in [5.74, 6) is 0.338. The molecule has 0 saturated heterocycles. The number of benzene rings is 3. The molecule has 0 saturated carbocycles. The van der Waals surface area contributed by atoms with Crippen molar-refractivity contribution in [3.05, 3.63) is 95.7 Å². The average Bonchev–Trinajstić information content (AvgIpc) is 3.25. The van der Waals surface area contributed by atoms with Gasteiger partial charge in [-0.1, -0.05) is 54.6 Å². The maximum Gasteiger partial charge on any atom is 0.375 e. The van der Waals surface area contributed by atoms with Gasteiger partial charge >= 0.3 is 5.97 Å². The van der Waals surface area contributed by atoms with E-state index >= 15 is 0 Å². The van der Waals surface area contributed by atoms with Gasteiger partial charge in [-0.2, -0.15) is 0 Å². The normalized spacial score (nSPS) is 14.6. The van der Waals surface area contributed by atoms with Crippen LogP contribution in [0.3, 0.4) is 0 Å². The lowest BCUT2D eigenvalue weighted by Crippen LogP contribution is -2.35. The molecular weight excluding hydrogens is 434 g/mol. The van der Waals surface area contributed by atoms with Crippen molar-refractivity contribution in [1.82, 2.24) is 5.32 Å². The molecule has 1 unspecified atom stereocenters. The van der Waals surface area contributed by atoms with Crippen LogP contribution >= 0.6 is 0 Å². The monoisotopic (exact) mass is 457 g/mol. The van der Waals surface area contributed by atoms with Gasteiger partial charge in [-0.15, -0.1) is 0 Å². The van der Waals surface area contributed by atoms with Gasteiger partial charge in [-0.05, 0) is 24.3 Å². The maximum atomic E-state index is 12.9. The van der Waals surface area contributed by atoms with Crippen LogP contribution in [-0.2, 0) is 16.1 Å². The lowest BCUT2D eigenvalue weighted by molar-refractivity contribution is -0.125. The van der Waals surface area contributed by atoms with E-state index in [0.29, 0.717) is 29.9 Å². The molecule has 1 N–H and O–H groups in total. The Morgan fingerprint density at radius 1 is 0.941 bits per heavy atom. The number of rotatable bonds is 7. The minimum Gasteiger partial charge on any atom is -0.493 e. The molecular formula is C27H23NO6.